The lowest BCUT2D eigenvalue weighted by Crippen LogP contribution is -2.51. The Morgan fingerprint density at radius 1 is 1.32 bits per heavy atom. The highest BCUT2D eigenvalue weighted by Gasteiger charge is 2.33. The number of aryl methyl sites for hydroxylation is 2. The van der Waals surface area contributed by atoms with Gasteiger partial charge in [0.15, 0.2) is 5.13 Å². The van der Waals surface area contributed by atoms with Crippen molar-refractivity contribution in [1.82, 2.24) is 19.9 Å². The molecule has 1 fully saturated rings. The van der Waals surface area contributed by atoms with E-state index < -0.39 is 0 Å². The van der Waals surface area contributed by atoms with Crippen LogP contribution in [0.2, 0.25) is 0 Å². The van der Waals surface area contributed by atoms with E-state index in [1.54, 1.807) is 18.4 Å². The number of carbonyl (C=O) groups is 1. The Morgan fingerprint density at radius 3 is 2.79 bits per heavy atom. The van der Waals surface area contributed by atoms with Crippen molar-refractivity contribution in [3.8, 4) is 16.5 Å². The maximum atomic E-state index is 12.5. The second kappa shape index (κ2) is 7.94. The van der Waals surface area contributed by atoms with Gasteiger partial charge in [-0.05, 0) is 19.4 Å². The lowest BCUT2D eigenvalue weighted by Gasteiger charge is -2.37. The van der Waals surface area contributed by atoms with Crippen molar-refractivity contribution in [1.29, 1.82) is 0 Å². The molecule has 146 valence electrons. The summed E-state index contributed by atoms with van der Waals surface area (Å²) in [6.45, 7) is 6.23. The van der Waals surface area contributed by atoms with E-state index in [2.05, 4.69) is 25.2 Å². The van der Waals surface area contributed by atoms with Gasteiger partial charge in [-0.1, -0.05) is 6.07 Å². The molecule has 0 saturated carbocycles. The van der Waals surface area contributed by atoms with Gasteiger partial charge in [-0.3, -0.25) is 9.69 Å². The molecule has 3 aromatic rings. The minimum atomic E-state index is -0.00839. The van der Waals surface area contributed by atoms with Crippen molar-refractivity contribution in [2.75, 3.05) is 25.5 Å². The third-order valence-electron chi connectivity index (χ3n) is 4.61. The standard InChI is InChI=1S/C19H21N5O2S2/c1-11-17(28-12(2)21-11)15-10-27-19(22-15)23-18(25)14-8-24(9-14)7-13-4-5-16(26-3)20-6-13/h4-6,10,14H,7-9H2,1-3H3,(H,22,23,25). The summed E-state index contributed by atoms with van der Waals surface area (Å²) in [6, 6.07) is 3.85. The number of aromatic nitrogens is 3. The molecule has 1 N–H and O–H groups in total. The molecule has 4 heterocycles. The first-order valence-electron chi connectivity index (χ1n) is 8.94. The van der Waals surface area contributed by atoms with Gasteiger partial charge in [0.05, 0.1) is 34.3 Å². The Labute approximate surface area is 171 Å². The van der Waals surface area contributed by atoms with Crippen molar-refractivity contribution in [2.24, 2.45) is 5.92 Å². The van der Waals surface area contributed by atoms with Gasteiger partial charge in [0.1, 0.15) is 0 Å². The Hall–Kier alpha value is -2.36. The number of carbonyl (C=O) groups excluding carboxylic acids is 1. The molecule has 1 aliphatic rings. The lowest BCUT2D eigenvalue weighted by atomic mass is 9.98. The molecule has 0 radical (unpaired) electrons. The van der Waals surface area contributed by atoms with E-state index in [9.17, 15) is 4.79 Å². The highest BCUT2D eigenvalue weighted by molar-refractivity contribution is 7.16. The maximum absolute atomic E-state index is 12.5. The molecule has 0 aliphatic carbocycles. The van der Waals surface area contributed by atoms with Gasteiger partial charge < -0.3 is 10.1 Å². The number of rotatable bonds is 6. The van der Waals surface area contributed by atoms with Gasteiger partial charge >= 0.3 is 0 Å². The number of thiazole rings is 2. The fraction of sp³-hybridized carbons (Fsp3) is 0.368. The molecule has 0 atom stereocenters. The average Bonchev–Trinajstić information content (AvgIpc) is 3.23. The minimum Gasteiger partial charge on any atom is -0.481 e. The van der Waals surface area contributed by atoms with Gasteiger partial charge in [0.2, 0.25) is 11.8 Å². The van der Waals surface area contributed by atoms with Crippen LogP contribution in [0.15, 0.2) is 23.7 Å². The van der Waals surface area contributed by atoms with Gasteiger partial charge in [0.25, 0.3) is 0 Å². The molecular weight excluding hydrogens is 394 g/mol. The first-order chi connectivity index (χ1) is 13.5. The van der Waals surface area contributed by atoms with Crippen LogP contribution in [-0.4, -0.2) is 46.0 Å². The van der Waals surface area contributed by atoms with Crippen LogP contribution >= 0.6 is 22.7 Å². The monoisotopic (exact) mass is 415 g/mol. The first-order valence-corrected chi connectivity index (χ1v) is 10.6. The zero-order valence-electron chi connectivity index (χ0n) is 15.9. The van der Waals surface area contributed by atoms with E-state index >= 15 is 0 Å². The Kier molecular flexibility index (Phi) is 5.38. The van der Waals surface area contributed by atoms with Crippen molar-refractivity contribution in [2.45, 2.75) is 20.4 Å². The normalized spacial score (nSPS) is 14.7. The zero-order valence-corrected chi connectivity index (χ0v) is 17.6. The predicted molar refractivity (Wildman–Crippen MR) is 111 cm³/mol. The van der Waals surface area contributed by atoms with Crippen LogP contribution in [0.4, 0.5) is 5.13 Å². The van der Waals surface area contributed by atoms with Crippen LogP contribution in [0, 0.1) is 19.8 Å². The van der Waals surface area contributed by atoms with E-state index in [1.165, 1.54) is 11.3 Å². The SMILES string of the molecule is COc1ccc(CN2CC(C(=O)Nc3nc(-c4sc(C)nc4C)cs3)C2)cn1. The molecule has 1 saturated heterocycles. The molecule has 4 rings (SSSR count). The minimum absolute atomic E-state index is 0.00839. The maximum Gasteiger partial charge on any atom is 0.231 e. The number of nitrogens with one attached hydrogen (secondary N) is 1. The molecule has 28 heavy (non-hydrogen) atoms. The van der Waals surface area contributed by atoms with E-state index in [0.29, 0.717) is 11.0 Å². The number of likely N-dealkylation sites (tertiary alicyclic amines) is 1. The molecule has 0 bridgehead atoms. The number of methoxy groups -OCH3 is 1. The molecule has 0 unspecified atom stereocenters. The molecule has 9 heteroatoms. The average molecular weight is 416 g/mol. The van der Waals surface area contributed by atoms with Gasteiger partial charge in [-0.15, -0.1) is 22.7 Å². The summed E-state index contributed by atoms with van der Waals surface area (Å²) in [5.41, 5.74) is 2.97. The summed E-state index contributed by atoms with van der Waals surface area (Å²) in [4.78, 5) is 29.0. The number of pyridine rings is 1. The summed E-state index contributed by atoms with van der Waals surface area (Å²) in [6.07, 6.45) is 1.81. The topological polar surface area (TPSA) is 80.2 Å². The summed E-state index contributed by atoms with van der Waals surface area (Å²) < 4.78 is 5.07. The molecular formula is C19H21N5O2S2. The fourth-order valence-corrected chi connectivity index (χ4v) is 4.82. The highest BCUT2D eigenvalue weighted by atomic mass is 32.1. The molecule has 0 spiro atoms. The Bertz CT molecular complexity index is 977. The van der Waals surface area contributed by atoms with Crippen LogP contribution in [0.1, 0.15) is 16.3 Å². The van der Waals surface area contributed by atoms with E-state index in [4.69, 9.17) is 4.74 Å². The summed E-state index contributed by atoms with van der Waals surface area (Å²) in [7, 11) is 1.60. The first kappa shape index (κ1) is 19.0. The van der Waals surface area contributed by atoms with E-state index in [-0.39, 0.29) is 11.8 Å². The van der Waals surface area contributed by atoms with Crippen LogP contribution in [0.25, 0.3) is 10.6 Å². The zero-order chi connectivity index (χ0) is 19.7. The summed E-state index contributed by atoms with van der Waals surface area (Å²) in [5.74, 6) is 0.629. The van der Waals surface area contributed by atoms with E-state index in [0.717, 1.165) is 46.5 Å². The fourth-order valence-electron chi connectivity index (χ4n) is 3.16. The van der Waals surface area contributed by atoms with Crippen LogP contribution < -0.4 is 10.1 Å². The summed E-state index contributed by atoms with van der Waals surface area (Å²) >= 11 is 3.08. The number of hydrogen-bond acceptors (Lipinski definition) is 8. The van der Waals surface area contributed by atoms with Crippen LogP contribution in [-0.2, 0) is 11.3 Å². The Balaban J connectivity index is 1.29. The largest absolute Gasteiger partial charge is 0.481 e. The lowest BCUT2D eigenvalue weighted by molar-refractivity contribution is -0.125. The van der Waals surface area contributed by atoms with Crippen LogP contribution in [0.3, 0.4) is 0 Å². The van der Waals surface area contributed by atoms with Gasteiger partial charge in [0, 0.05) is 37.3 Å². The molecule has 1 amide bonds. The quantitative estimate of drug-likeness (QED) is 0.665. The van der Waals surface area contributed by atoms with Crippen molar-refractivity contribution >= 4 is 33.7 Å². The molecule has 7 nitrogen and oxygen atoms in total. The van der Waals surface area contributed by atoms with Crippen LogP contribution in [0.5, 0.6) is 5.88 Å². The number of nitrogens with zero attached hydrogens (tertiary/aromatic N) is 4. The smallest absolute Gasteiger partial charge is 0.231 e. The third-order valence-corrected chi connectivity index (χ3v) is 6.46. The van der Waals surface area contributed by atoms with Crippen molar-refractivity contribution in [3.63, 3.8) is 0 Å². The third kappa shape index (κ3) is 4.06. The number of amides is 1. The highest BCUT2D eigenvalue weighted by Crippen LogP contribution is 2.32. The van der Waals surface area contributed by atoms with Gasteiger partial charge in [-0.2, -0.15) is 0 Å². The Morgan fingerprint density at radius 2 is 2.14 bits per heavy atom. The molecule has 0 aromatic carbocycles. The van der Waals surface area contributed by atoms with Crippen molar-refractivity contribution < 1.29 is 9.53 Å². The number of ether oxygens (including phenoxy) is 1. The second-order valence-corrected chi connectivity index (χ2v) is 8.84. The molecule has 1 aliphatic heterocycles. The van der Waals surface area contributed by atoms with Gasteiger partial charge in [-0.25, -0.2) is 15.0 Å². The molecule has 3 aromatic heterocycles. The second-order valence-electron chi connectivity index (χ2n) is 6.77. The van der Waals surface area contributed by atoms with E-state index in [1.807, 2.05) is 37.6 Å². The summed E-state index contributed by atoms with van der Waals surface area (Å²) in [5, 5.41) is 6.59. The van der Waals surface area contributed by atoms with Crippen molar-refractivity contribution in [3.05, 3.63) is 40.0 Å². The number of hydrogen-bond donors (Lipinski definition) is 1. The number of anilines is 1. The predicted octanol–water partition coefficient (Wildman–Crippen LogP) is 3.36.